The van der Waals surface area contributed by atoms with E-state index in [4.69, 9.17) is 0 Å². The van der Waals surface area contributed by atoms with Gasteiger partial charge < -0.3 is 16.0 Å². The first-order valence-corrected chi connectivity index (χ1v) is 14.9. The molecule has 0 saturated heterocycles. The van der Waals surface area contributed by atoms with Crippen molar-refractivity contribution in [2.75, 3.05) is 16.4 Å². The van der Waals surface area contributed by atoms with Crippen molar-refractivity contribution in [1.82, 2.24) is 10.3 Å². The van der Waals surface area contributed by atoms with Crippen LogP contribution in [0.3, 0.4) is 0 Å². The Morgan fingerprint density at radius 1 is 0.786 bits per heavy atom. The van der Waals surface area contributed by atoms with Crippen LogP contribution in [0.2, 0.25) is 0 Å². The molecule has 0 aliphatic heterocycles. The number of amides is 3. The number of nitrogens with one attached hydrogen (secondary N) is 3. The zero-order chi connectivity index (χ0) is 29.1. The topological polar surface area (TPSA) is 100 Å². The Labute approximate surface area is 251 Å². The normalized spacial score (nSPS) is 11.0. The summed E-state index contributed by atoms with van der Waals surface area (Å²) in [6.07, 6.45) is 3.27. The minimum Gasteiger partial charge on any atom is -0.321 e. The van der Waals surface area contributed by atoms with Gasteiger partial charge in [-0.1, -0.05) is 78.9 Å². The molecule has 0 radical (unpaired) electrons. The van der Waals surface area contributed by atoms with Gasteiger partial charge in [0.25, 0.3) is 11.8 Å². The highest BCUT2D eigenvalue weighted by molar-refractivity contribution is 8.00. The number of benzene rings is 4. The molecule has 4 aromatic carbocycles. The lowest BCUT2D eigenvalue weighted by Crippen LogP contribution is -2.30. The van der Waals surface area contributed by atoms with Gasteiger partial charge >= 0.3 is 0 Å². The number of carbonyl (C=O) groups is 3. The van der Waals surface area contributed by atoms with Crippen molar-refractivity contribution < 1.29 is 14.4 Å². The summed E-state index contributed by atoms with van der Waals surface area (Å²) in [6.45, 7) is 0. The van der Waals surface area contributed by atoms with Crippen molar-refractivity contribution in [3.63, 3.8) is 0 Å². The maximum absolute atomic E-state index is 13.5. The Hall–Kier alpha value is -4.99. The summed E-state index contributed by atoms with van der Waals surface area (Å²) < 4.78 is 0. The molecule has 0 fully saturated rings. The van der Waals surface area contributed by atoms with E-state index in [2.05, 4.69) is 20.9 Å². The van der Waals surface area contributed by atoms with Gasteiger partial charge in [-0.25, -0.2) is 4.98 Å². The van der Waals surface area contributed by atoms with Crippen LogP contribution in [0.25, 0.3) is 17.2 Å². The molecule has 0 aliphatic rings. The minimum absolute atomic E-state index is 0.0946. The van der Waals surface area contributed by atoms with Gasteiger partial charge in [0.1, 0.15) is 5.70 Å². The Morgan fingerprint density at radius 3 is 2.21 bits per heavy atom. The monoisotopic (exact) mass is 590 g/mol. The second-order valence-electron chi connectivity index (χ2n) is 9.02. The van der Waals surface area contributed by atoms with Crippen LogP contribution in [-0.2, 0) is 9.59 Å². The van der Waals surface area contributed by atoms with Crippen molar-refractivity contribution in [2.24, 2.45) is 0 Å². The molecule has 0 bridgehead atoms. The molecule has 0 unspecified atom stereocenters. The number of anilines is 2. The third kappa shape index (κ3) is 8.03. The predicted molar refractivity (Wildman–Crippen MR) is 170 cm³/mol. The molecule has 3 amide bonds. The lowest BCUT2D eigenvalue weighted by atomic mass is 10.0. The van der Waals surface area contributed by atoms with Crippen LogP contribution in [0.1, 0.15) is 15.9 Å². The van der Waals surface area contributed by atoms with Gasteiger partial charge in [0.15, 0.2) is 5.13 Å². The summed E-state index contributed by atoms with van der Waals surface area (Å²) in [4.78, 5) is 43.5. The Morgan fingerprint density at radius 2 is 1.50 bits per heavy atom. The number of thioether (sulfide) groups is 1. The Kier molecular flexibility index (Phi) is 9.56. The number of rotatable bonds is 10. The predicted octanol–water partition coefficient (Wildman–Crippen LogP) is 6.95. The smallest absolute Gasteiger partial charge is 0.272 e. The average molecular weight is 591 g/mol. The fourth-order valence-electron chi connectivity index (χ4n) is 3.96. The second kappa shape index (κ2) is 14.1. The molecule has 0 saturated carbocycles. The first-order chi connectivity index (χ1) is 20.5. The summed E-state index contributed by atoms with van der Waals surface area (Å²) in [5.74, 6) is -0.853. The van der Waals surface area contributed by atoms with Crippen molar-refractivity contribution in [3.8, 4) is 11.1 Å². The van der Waals surface area contributed by atoms with E-state index in [0.29, 0.717) is 16.4 Å². The molecule has 0 spiro atoms. The molecule has 5 aromatic rings. The number of hydrogen-bond donors (Lipinski definition) is 3. The van der Waals surface area contributed by atoms with Gasteiger partial charge in [0, 0.05) is 27.7 Å². The molecule has 3 N–H and O–H groups in total. The van der Waals surface area contributed by atoms with E-state index in [1.165, 1.54) is 23.1 Å². The van der Waals surface area contributed by atoms with E-state index in [0.717, 1.165) is 21.6 Å². The quantitative estimate of drug-likeness (QED) is 0.121. The summed E-state index contributed by atoms with van der Waals surface area (Å²) in [7, 11) is 0. The SMILES string of the molecule is O=C(CSc1cccc(NC(=O)/C(=C\c2ccc(-c3ccccc3)cc2)NC(=O)c2ccccc2)c1)Nc1nccs1. The highest BCUT2D eigenvalue weighted by atomic mass is 32.2. The molecule has 1 aromatic heterocycles. The van der Waals surface area contributed by atoms with E-state index in [1.807, 2.05) is 66.7 Å². The molecule has 0 aliphatic carbocycles. The number of thiazole rings is 1. The Balaban J connectivity index is 1.31. The number of aromatic nitrogens is 1. The molecule has 9 heteroatoms. The fraction of sp³-hybridized carbons (Fsp3) is 0.0303. The van der Waals surface area contributed by atoms with Crippen molar-refractivity contribution in [3.05, 3.63) is 138 Å². The van der Waals surface area contributed by atoms with E-state index in [9.17, 15) is 14.4 Å². The lowest BCUT2D eigenvalue weighted by Gasteiger charge is -2.12. The van der Waals surface area contributed by atoms with Crippen LogP contribution in [-0.4, -0.2) is 28.5 Å². The minimum atomic E-state index is -0.477. The standard InChI is InChI=1S/C33H26N4O3S2/c38-30(37-33-34-18-19-41-33)22-42-28-13-7-12-27(21-28)35-32(40)29(36-31(39)26-10-5-2-6-11-26)20-23-14-16-25(17-15-23)24-8-3-1-4-9-24/h1-21H,22H2,(H,35,40)(H,36,39)(H,34,37,38)/b29-20+. The molecule has 7 nitrogen and oxygen atoms in total. The maximum Gasteiger partial charge on any atom is 0.272 e. The van der Waals surface area contributed by atoms with Crippen molar-refractivity contribution in [2.45, 2.75) is 4.90 Å². The zero-order valence-electron chi connectivity index (χ0n) is 22.3. The third-order valence-corrected chi connectivity index (χ3v) is 7.68. The van der Waals surface area contributed by atoms with Crippen LogP contribution in [0.5, 0.6) is 0 Å². The molecular weight excluding hydrogens is 565 g/mol. The van der Waals surface area contributed by atoms with Crippen LogP contribution in [0, 0.1) is 0 Å². The summed E-state index contributed by atoms with van der Waals surface area (Å²) in [5, 5.41) is 10.7. The van der Waals surface area contributed by atoms with Gasteiger partial charge in [0.05, 0.1) is 5.75 Å². The van der Waals surface area contributed by atoms with Crippen LogP contribution >= 0.6 is 23.1 Å². The molecule has 0 atom stereocenters. The second-order valence-corrected chi connectivity index (χ2v) is 11.0. The largest absolute Gasteiger partial charge is 0.321 e. The lowest BCUT2D eigenvalue weighted by molar-refractivity contribution is -0.114. The number of carbonyl (C=O) groups excluding carboxylic acids is 3. The molecule has 208 valence electrons. The average Bonchev–Trinajstić information content (AvgIpc) is 3.54. The number of hydrogen-bond acceptors (Lipinski definition) is 6. The van der Waals surface area contributed by atoms with Crippen LogP contribution in [0.15, 0.2) is 131 Å². The maximum atomic E-state index is 13.5. The highest BCUT2D eigenvalue weighted by Gasteiger charge is 2.16. The van der Waals surface area contributed by atoms with E-state index in [-0.39, 0.29) is 17.4 Å². The third-order valence-electron chi connectivity index (χ3n) is 6.00. The summed E-state index contributed by atoms with van der Waals surface area (Å²) in [6, 6.07) is 33.7. The van der Waals surface area contributed by atoms with Crippen molar-refractivity contribution in [1.29, 1.82) is 0 Å². The van der Waals surface area contributed by atoms with Gasteiger partial charge in [-0.3, -0.25) is 14.4 Å². The fourth-order valence-corrected chi connectivity index (χ4v) is 5.26. The molecule has 42 heavy (non-hydrogen) atoms. The summed E-state index contributed by atoms with van der Waals surface area (Å²) >= 11 is 2.69. The van der Waals surface area contributed by atoms with Crippen LogP contribution < -0.4 is 16.0 Å². The molecular formula is C33H26N4O3S2. The van der Waals surface area contributed by atoms with Crippen molar-refractivity contribution >= 4 is 57.7 Å². The van der Waals surface area contributed by atoms with Gasteiger partial charge in [-0.15, -0.1) is 23.1 Å². The first kappa shape index (κ1) is 28.5. The Bertz CT molecular complexity index is 1690. The zero-order valence-corrected chi connectivity index (χ0v) is 24.0. The van der Waals surface area contributed by atoms with E-state index >= 15 is 0 Å². The van der Waals surface area contributed by atoms with Gasteiger partial charge in [0.2, 0.25) is 5.91 Å². The van der Waals surface area contributed by atoms with E-state index in [1.54, 1.807) is 60.1 Å². The van der Waals surface area contributed by atoms with E-state index < -0.39 is 11.8 Å². The number of nitrogens with zero attached hydrogens (tertiary/aromatic N) is 1. The van der Waals surface area contributed by atoms with Gasteiger partial charge in [-0.05, 0) is 53.1 Å². The van der Waals surface area contributed by atoms with Gasteiger partial charge in [-0.2, -0.15) is 0 Å². The molecule has 5 rings (SSSR count). The van der Waals surface area contributed by atoms with Crippen LogP contribution in [0.4, 0.5) is 10.8 Å². The summed E-state index contributed by atoms with van der Waals surface area (Å²) in [5.41, 5.74) is 3.94. The highest BCUT2D eigenvalue weighted by Crippen LogP contribution is 2.23. The first-order valence-electron chi connectivity index (χ1n) is 13.0. The molecule has 1 heterocycles.